The van der Waals surface area contributed by atoms with E-state index in [1.54, 1.807) is 25.9 Å². The van der Waals surface area contributed by atoms with Crippen LogP contribution in [0, 0.1) is 0 Å². The van der Waals surface area contributed by atoms with Gasteiger partial charge in [0.15, 0.2) is 0 Å². The van der Waals surface area contributed by atoms with Gasteiger partial charge in [0.25, 0.3) is 0 Å². The lowest BCUT2D eigenvalue weighted by molar-refractivity contribution is -0.129. The van der Waals surface area contributed by atoms with Crippen molar-refractivity contribution in [1.82, 2.24) is 9.80 Å². The molecule has 1 atom stereocenters. The van der Waals surface area contributed by atoms with E-state index in [-0.39, 0.29) is 12.0 Å². The van der Waals surface area contributed by atoms with E-state index in [0.29, 0.717) is 13.0 Å². The first-order chi connectivity index (χ1) is 5.93. The van der Waals surface area contributed by atoms with Gasteiger partial charge in [-0.2, -0.15) is 0 Å². The lowest BCUT2D eigenvalue weighted by Gasteiger charge is -2.19. The summed E-state index contributed by atoms with van der Waals surface area (Å²) in [6.45, 7) is 2.92. The molecular weight excluding hydrogens is 168 g/mol. The van der Waals surface area contributed by atoms with Crippen LogP contribution >= 0.6 is 0 Å². The molecule has 0 bridgehead atoms. The maximum atomic E-state index is 11.2. The quantitative estimate of drug-likeness (QED) is 0.648. The number of carbonyl (C=O) groups is 1. The molecule has 1 N–H and O–H groups in total. The van der Waals surface area contributed by atoms with Crippen molar-refractivity contribution >= 4 is 5.91 Å². The number of nitrogens with zero attached hydrogens (tertiary/aromatic N) is 2. The second-order valence-electron chi connectivity index (χ2n) is 3.66. The van der Waals surface area contributed by atoms with Crippen molar-refractivity contribution in [1.29, 1.82) is 0 Å². The fourth-order valence-corrected chi connectivity index (χ4v) is 0.859. The Labute approximate surface area is 80.1 Å². The second-order valence-corrected chi connectivity index (χ2v) is 3.66. The lowest BCUT2D eigenvalue weighted by Crippen LogP contribution is -2.35. The molecule has 0 aromatic carbocycles. The Morgan fingerprint density at radius 3 is 2.31 bits per heavy atom. The van der Waals surface area contributed by atoms with Crippen LogP contribution in [-0.2, 0) is 4.79 Å². The van der Waals surface area contributed by atoms with Gasteiger partial charge >= 0.3 is 0 Å². The standard InChI is InChI=1S/C9H20N2O2/c1-8(12)5-6-11(4)7-9(13)10(2)3/h8,12H,5-7H2,1-4H3. The number of likely N-dealkylation sites (N-methyl/N-ethyl adjacent to an activating group) is 2. The van der Waals surface area contributed by atoms with Gasteiger partial charge in [0.1, 0.15) is 0 Å². The number of rotatable bonds is 5. The van der Waals surface area contributed by atoms with E-state index in [2.05, 4.69) is 0 Å². The SMILES string of the molecule is CC(O)CCN(C)CC(=O)N(C)C. The monoisotopic (exact) mass is 188 g/mol. The zero-order valence-corrected chi connectivity index (χ0v) is 8.95. The highest BCUT2D eigenvalue weighted by Crippen LogP contribution is 1.93. The van der Waals surface area contributed by atoms with Crippen molar-refractivity contribution in [2.24, 2.45) is 0 Å². The minimum absolute atomic E-state index is 0.0908. The van der Waals surface area contributed by atoms with Crippen molar-refractivity contribution < 1.29 is 9.90 Å². The zero-order valence-electron chi connectivity index (χ0n) is 8.95. The maximum absolute atomic E-state index is 11.2. The van der Waals surface area contributed by atoms with E-state index in [1.165, 1.54) is 0 Å². The van der Waals surface area contributed by atoms with Crippen LogP contribution in [0.25, 0.3) is 0 Å². The molecule has 0 aromatic rings. The van der Waals surface area contributed by atoms with Crippen LogP contribution in [0.3, 0.4) is 0 Å². The highest BCUT2D eigenvalue weighted by molar-refractivity contribution is 5.77. The molecule has 0 saturated heterocycles. The van der Waals surface area contributed by atoms with Gasteiger partial charge in [0, 0.05) is 20.6 Å². The van der Waals surface area contributed by atoms with Crippen molar-refractivity contribution in [3.8, 4) is 0 Å². The molecule has 0 saturated carbocycles. The Kier molecular flexibility index (Phi) is 5.66. The molecule has 4 heteroatoms. The summed E-state index contributed by atoms with van der Waals surface area (Å²) in [5.74, 6) is 0.0908. The van der Waals surface area contributed by atoms with Crippen LogP contribution in [0.5, 0.6) is 0 Å². The highest BCUT2D eigenvalue weighted by atomic mass is 16.3. The molecule has 0 radical (unpaired) electrons. The molecule has 13 heavy (non-hydrogen) atoms. The average molecular weight is 188 g/mol. The third-order valence-corrected chi connectivity index (χ3v) is 1.83. The Morgan fingerprint density at radius 2 is 1.92 bits per heavy atom. The number of carbonyl (C=O) groups excluding carboxylic acids is 1. The van der Waals surface area contributed by atoms with E-state index in [0.717, 1.165) is 6.54 Å². The van der Waals surface area contributed by atoms with Gasteiger partial charge in [0.2, 0.25) is 5.91 Å². The van der Waals surface area contributed by atoms with E-state index in [1.807, 2.05) is 11.9 Å². The number of hydrogen-bond acceptors (Lipinski definition) is 3. The number of amides is 1. The highest BCUT2D eigenvalue weighted by Gasteiger charge is 2.08. The molecule has 1 unspecified atom stereocenters. The summed E-state index contributed by atoms with van der Waals surface area (Å²) in [5.41, 5.74) is 0. The third-order valence-electron chi connectivity index (χ3n) is 1.83. The summed E-state index contributed by atoms with van der Waals surface area (Å²) < 4.78 is 0. The summed E-state index contributed by atoms with van der Waals surface area (Å²) >= 11 is 0. The molecule has 0 spiro atoms. The fourth-order valence-electron chi connectivity index (χ4n) is 0.859. The normalized spacial score (nSPS) is 13.1. The van der Waals surface area contributed by atoms with Crippen LogP contribution in [-0.4, -0.2) is 61.2 Å². The Hall–Kier alpha value is -0.610. The zero-order chi connectivity index (χ0) is 10.4. The summed E-state index contributed by atoms with van der Waals surface area (Å²) in [6, 6.07) is 0. The average Bonchev–Trinajstić information content (AvgIpc) is 2.00. The second kappa shape index (κ2) is 5.94. The molecule has 0 aromatic heterocycles. The molecule has 0 aliphatic carbocycles. The molecule has 0 rings (SSSR count). The summed E-state index contributed by atoms with van der Waals surface area (Å²) in [4.78, 5) is 14.7. The van der Waals surface area contributed by atoms with Gasteiger partial charge in [-0.3, -0.25) is 9.69 Å². The van der Waals surface area contributed by atoms with Gasteiger partial charge in [-0.25, -0.2) is 0 Å². The molecule has 0 fully saturated rings. The molecule has 4 nitrogen and oxygen atoms in total. The van der Waals surface area contributed by atoms with Gasteiger partial charge in [-0.1, -0.05) is 0 Å². The third kappa shape index (κ3) is 6.54. The van der Waals surface area contributed by atoms with Crippen molar-refractivity contribution in [3.63, 3.8) is 0 Å². The number of aliphatic hydroxyl groups excluding tert-OH is 1. The Bertz CT molecular complexity index is 158. The summed E-state index contributed by atoms with van der Waals surface area (Å²) in [7, 11) is 5.36. The molecule has 1 amide bonds. The Morgan fingerprint density at radius 1 is 1.38 bits per heavy atom. The van der Waals surface area contributed by atoms with Gasteiger partial charge < -0.3 is 10.0 Å². The topological polar surface area (TPSA) is 43.8 Å². The maximum Gasteiger partial charge on any atom is 0.236 e. The van der Waals surface area contributed by atoms with Gasteiger partial charge in [0.05, 0.1) is 12.6 Å². The molecule has 0 aliphatic heterocycles. The van der Waals surface area contributed by atoms with Crippen LogP contribution < -0.4 is 0 Å². The smallest absolute Gasteiger partial charge is 0.236 e. The molecular formula is C9H20N2O2. The first kappa shape index (κ1) is 12.4. The number of hydrogen-bond donors (Lipinski definition) is 1. The molecule has 0 aliphatic rings. The van der Waals surface area contributed by atoms with Crippen LogP contribution in [0.2, 0.25) is 0 Å². The van der Waals surface area contributed by atoms with Crippen LogP contribution in [0.1, 0.15) is 13.3 Å². The van der Waals surface area contributed by atoms with E-state index >= 15 is 0 Å². The predicted octanol–water partition coefficient (Wildman–Crippen LogP) is -0.223. The van der Waals surface area contributed by atoms with Crippen molar-refractivity contribution in [2.75, 3.05) is 34.2 Å². The lowest BCUT2D eigenvalue weighted by atomic mass is 10.3. The van der Waals surface area contributed by atoms with Crippen LogP contribution in [0.4, 0.5) is 0 Å². The minimum Gasteiger partial charge on any atom is -0.393 e. The predicted molar refractivity (Wildman–Crippen MR) is 52.5 cm³/mol. The largest absolute Gasteiger partial charge is 0.393 e. The van der Waals surface area contributed by atoms with E-state index < -0.39 is 0 Å². The first-order valence-corrected chi connectivity index (χ1v) is 4.50. The molecule has 78 valence electrons. The van der Waals surface area contributed by atoms with Crippen LogP contribution in [0.15, 0.2) is 0 Å². The summed E-state index contributed by atoms with van der Waals surface area (Å²) in [6.07, 6.45) is 0.411. The molecule has 0 heterocycles. The Balaban J connectivity index is 3.62. The van der Waals surface area contributed by atoms with Crippen molar-refractivity contribution in [3.05, 3.63) is 0 Å². The van der Waals surface area contributed by atoms with Gasteiger partial charge in [-0.15, -0.1) is 0 Å². The van der Waals surface area contributed by atoms with Crippen molar-refractivity contribution in [2.45, 2.75) is 19.4 Å². The van der Waals surface area contributed by atoms with E-state index in [4.69, 9.17) is 5.11 Å². The van der Waals surface area contributed by atoms with Gasteiger partial charge in [-0.05, 0) is 20.4 Å². The number of aliphatic hydroxyl groups is 1. The summed E-state index contributed by atoms with van der Waals surface area (Å²) in [5, 5.41) is 9.02. The fraction of sp³-hybridized carbons (Fsp3) is 0.889. The van der Waals surface area contributed by atoms with E-state index in [9.17, 15) is 4.79 Å². The first-order valence-electron chi connectivity index (χ1n) is 4.50. The minimum atomic E-state index is -0.295.